The SMILES string of the molecule is CC(=O)O[C@H](CCl)COc1ccc(C(C)(C)c2ccc(OC[C@@H](Cn3ccnc3)OC(C)=O)c(Cl)c2)cc1Cl. The lowest BCUT2D eigenvalue weighted by Crippen LogP contribution is -2.28. The Labute approximate surface area is 243 Å². The number of carbonyl (C=O) groups excluding carboxylic acids is 2. The molecule has 0 unspecified atom stereocenters. The Kier molecular flexibility index (Phi) is 10.9. The monoisotopic (exact) mass is 596 g/mol. The van der Waals surface area contributed by atoms with Crippen molar-refractivity contribution in [1.29, 1.82) is 0 Å². The number of halogens is 3. The summed E-state index contributed by atoms with van der Waals surface area (Å²) < 4.78 is 23.9. The summed E-state index contributed by atoms with van der Waals surface area (Å²) in [6.07, 6.45) is 3.99. The second kappa shape index (κ2) is 13.9. The molecule has 3 aromatic rings. The van der Waals surface area contributed by atoms with Gasteiger partial charge in [0.05, 0.1) is 28.8 Å². The van der Waals surface area contributed by atoms with Crippen LogP contribution in [0.1, 0.15) is 38.8 Å². The lowest BCUT2D eigenvalue weighted by molar-refractivity contribution is -0.148. The molecule has 0 aliphatic carbocycles. The van der Waals surface area contributed by atoms with Crippen molar-refractivity contribution in [2.45, 2.75) is 51.9 Å². The van der Waals surface area contributed by atoms with Crippen molar-refractivity contribution >= 4 is 46.7 Å². The zero-order valence-electron chi connectivity index (χ0n) is 22.2. The minimum absolute atomic E-state index is 0.0866. The van der Waals surface area contributed by atoms with Gasteiger partial charge in [0.2, 0.25) is 0 Å². The van der Waals surface area contributed by atoms with Gasteiger partial charge in [-0.2, -0.15) is 0 Å². The molecule has 0 amide bonds. The zero-order valence-corrected chi connectivity index (χ0v) is 24.4. The van der Waals surface area contributed by atoms with Crippen molar-refractivity contribution in [3.8, 4) is 11.5 Å². The van der Waals surface area contributed by atoms with Crippen molar-refractivity contribution in [3.63, 3.8) is 0 Å². The van der Waals surface area contributed by atoms with Gasteiger partial charge < -0.3 is 23.5 Å². The Bertz CT molecular complexity index is 1270. The first-order chi connectivity index (χ1) is 18.5. The number of nitrogens with zero attached hydrogens (tertiary/aromatic N) is 2. The van der Waals surface area contributed by atoms with Gasteiger partial charge in [0.1, 0.15) is 30.8 Å². The van der Waals surface area contributed by atoms with Crippen molar-refractivity contribution in [2.75, 3.05) is 19.1 Å². The molecular weight excluding hydrogens is 567 g/mol. The Morgan fingerprint density at radius 3 is 1.85 bits per heavy atom. The number of imidazole rings is 1. The van der Waals surface area contributed by atoms with Crippen molar-refractivity contribution in [2.24, 2.45) is 0 Å². The topological polar surface area (TPSA) is 88.9 Å². The molecule has 0 saturated carbocycles. The third-order valence-electron chi connectivity index (χ3n) is 5.97. The van der Waals surface area contributed by atoms with Crippen LogP contribution < -0.4 is 9.47 Å². The summed E-state index contributed by atoms with van der Waals surface area (Å²) in [5, 5.41) is 0.839. The van der Waals surface area contributed by atoms with Crippen molar-refractivity contribution in [3.05, 3.63) is 76.3 Å². The van der Waals surface area contributed by atoms with E-state index in [0.29, 0.717) is 28.1 Å². The molecule has 0 saturated heterocycles. The fraction of sp³-hybridized carbons (Fsp3) is 0.393. The van der Waals surface area contributed by atoms with Crippen LogP contribution in [-0.4, -0.2) is 52.8 Å². The second-order valence-corrected chi connectivity index (χ2v) is 10.5. The van der Waals surface area contributed by atoms with Crippen LogP contribution in [0.5, 0.6) is 11.5 Å². The summed E-state index contributed by atoms with van der Waals surface area (Å²) in [6, 6.07) is 11.1. The summed E-state index contributed by atoms with van der Waals surface area (Å²) in [5.74, 6) is 0.213. The maximum atomic E-state index is 11.5. The fourth-order valence-electron chi connectivity index (χ4n) is 3.88. The molecule has 3 rings (SSSR count). The summed E-state index contributed by atoms with van der Waals surface area (Å²) >= 11 is 19.0. The van der Waals surface area contributed by atoms with E-state index >= 15 is 0 Å². The van der Waals surface area contributed by atoms with Crippen LogP contribution in [-0.2, 0) is 31.0 Å². The number of ether oxygens (including phenoxy) is 4. The van der Waals surface area contributed by atoms with E-state index in [-0.39, 0.29) is 19.1 Å². The molecule has 0 aliphatic rings. The lowest BCUT2D eigenvalue weighted by Gasteiger charge is -2.27. The largest absolute Gasteiger partial charge is 0.488 e. The molecule has 39 heavy (non-hydrogen) atoms. The molecule has 0 N–H and O–H groups in total. The number of benzene rings is 2. The van der Waals surface area contributed by atoms with E-state index < -0.39 is 29.6 Å². The average molecular weight is 598 g/mol. The number of hydrogen-bond acceptors (Lipinski definition) is 7. The van der Waals surface area contributed by atoms with Gasteiger partial charge in [0.25, 0.3) is 0 Å². The number of carbonyl (C=O) groups is 2. The number of hydrogen-bond donors (Lipinski definition) is 0. The van der Waals surface area contributed by atoms with Gasteiger partial charge in [-0.3, -0.25) is 9.59 Å². The molecule has 0 bridgehead atoms. The van der Waals surface area contributed by atoms with Gasteiger partial charge in [0, 0.05) is 31.7 Å². The maximum absolute atomic E-state index is 11.5. The summed E-state index contributed by atoms with van der Waals surface area (Å²) in [7, 11) is 0. The first-order valence-corrected chi connectivity index (χ1v) is 13.5. The average Bonchev–Trinajstić information content (AvgIpc) is 3.38. The number of alkyl halides is 1. The van der Waals surface area contributed by atoms with Crippen LogP contribution >= 0.6 is 34.8 Å². The predicted molar refractivity (Wildman–Crippen MR) is 150 cm³/mol. The number of aromatic nitrogens is 2. The van der Waals surface area contributed by atoms with Crippen LogP contribution in [0.25, 0.3) is 0 Å². The Balaban J connectivity index is 1.69. The lowest BCUT2D eigenvalue weighted by atomic mass is 9.78. The normalized spacial score (nSPS) is 12.9. The van der Waals surface area contributed by atoms with Gasteiger partial charge in [-0.1, -0.05) is 49.2 Å². The van der Waals surface area contributed by atoms with Gasteiger partial charge in [0.15, 0.2) is 6.10 Å². The standard InChI is InChI=1S/C28H31Cl3N2O6/c1-18(34)38-22(13-29)15-36-26-7-5-20(11-24(26)30)28(3,4)21-6-8-27(25(31)12-21)37-16-23(39-19(2)35)14-33-10-9-32-17-33/h5-12,17,22-23H,13-16H2,1-4H3/t22-,23-/m1/s1. The number of rotatable bonds is 13. The Morgan fingerprint density at radius 2 is 1.41 bits per heavy atom. The molecule has 0 radical (unpaired) electrons. The molecule has 8 nitrogen and oxygen atoms in total. The highest BCUT2D eigenvalue weighted by molar-refractivity contribution is 6.32. The molecule has 0 fully saturated rings. The van der Waals surface area contributed by atoms with Gasteiger partial charge in [-0.15, -0.1) is 11.6 Å². The van der Waals surface area contributed by atoms with E-state index in [1.165, 1.54) is 13.8 Å². The van der Waals surface area contributed by atoms with Gasteiger partial charge in [-0.05, 0) is 35.4 Å². The van der Waals surface area contributed by atoms with Crippen LogP contribution in [0.2, 0.25) is 10.0 Å². The highest BCUT2D eigenvalue weighted by atomic mass is 35.5. The van der Waals surface area contributed by atoms with Crippen LogP contribution in [0.3, 0.4) is 0 Å². The third-order valence-corrected chi connectivity index (χ3v) is 6.90. The van der Waals surface area contributed by atoms with Gasteiger partial charge >= 0.3 is 11.9 Å². The summed E-state index contributed by atoms with van der Waals surface area (Å²) in [5.41, 5.74) is 1.42. The van der Waals surface area contributed by atoms with E-state index in [4.69, 9.17) is 53.8 Å². The van der Waals surface area contributed by atoms with Crippen LogP contribution in [0.4, 0.5) is 0 Å². The predicted octanol–water partition coefficient (Wildman–Crippen LogP) is 6.08. The smallest absolute Gasteiger partial charge is 0.303 e. The highest BCUT2D eigenvalue weighted by Gasteiger charge is 2.26. The molecule has 210 valence electrons. The zero-order chi connectivity index (χ0) is 28.6. The van der Waals surface area contributed by atoms with Crippen LogP contribution in [0.15, 0.2) is 55.1 Å². The van der Waals surface area contributed by atoms with Crippen molar-refractivity contribution in [1.82, 2.24) is 9.55 Å². The van der Waals surface area contributed by atoms with Crippen LogP contribution in [0, 0.1) is 0 Å². The molecule has 11 heteroatoms. The molecule has 0 spiro atoms. The van der Waals surface area contributed by atoms with Gasteiger partial charge in [-0.25, -0.2) is 4.98 Å². The van der Waals surface area contributed by atoms with Crippen molar-refractivity contribution < 1.29 is 28.5 Å². The molecule has 0 aliphatic heterocycles. The highest BCUT2D eigenvalue weighted by Crippen LogP contribution is 2.38. The molecule has 2 atom stereocenters. The quantitative estimate of drug-likeness (QED) is 0.174. The molecule has 1 aromatic heterocycles. The molecule has 1 heterocycles. The van der Waals surface area contributed by atoms with E-state index in [9.17, 15) is 9.59 Å². The summed E-state index contributed by atoms with van der Waals surface area (Å²) in [6.45, 7) is 7.39. The van der Waals surface area contributed by atoms with E-state index in [1.54, 1.807) is 30.9 Å². The number of esters is 2. The summed E-state index contributed by atoms with van der Waals surface area (Å²) in [4.78, 5) is 26.7. The fourth-order valence-corrected chi connectivity index (χ4v) is 4.50. The minimum Gasteiger partial charge on any atom is -0.488 e. The minimum atomic E-state index is -0.575. The molecule has 2 aromatic carbocycles. The Hall–Kier alpha value is -2.94. The Morgan fingerprint density at radius 1 is 0.897 bits per heavy atom. The third kappa shape index (κ3) is 8.78. The van der Waals surface area contributed by atoms with E-state index in [1.807, 2.05) is 28.8 Å². The van der Waals surface area contributed by atoms with E-state index in [2.05, 4.69) is 18.8 Å². The molecular formula is C28H31Cl3N2O6. The first-order valence-electron chi connectivity index (χ1n) is 12.2. The maximum Gasteiger partial charge on any atom is 0.303 e. The van der Waals surface area contributed by atoms with E-state index in [0.717, 1.165) is 11.1 Å². The second-order valence-electron chi connectivity index (χ2n) is 9.41. The first kappa shape index (κ1) is 30.6.